The first-order valence-electron chi connectivity index (χ1n) is 7.28. The second-order valence-electron chi connectivity index (χ2n) is 5.68. The zero-order valence-electron chi connectivity index (χ0n) is 11.4. The molecule has 0 aromatic rings. The summed E-state index contributed by atoms with van der Waals surface area (Å²) in [6.07, 6.45) is 14.3. The van der Waals surface area contributed by atoms with Crippen LogP contribution in [0.4, 0.5) is 0 Å². The summed E-state index contributed by atoms with van der Waals surface area (Å²) >= 11 is 0. The molecule has 2 aliphatic rings. The van der Waals surface area contributed by atoms with Crippen LogP contribution in [0.3, 0.4) is 0 Å². The predicted octanol–water partition coefficient (Wildman–Crippen LogP) is 4.02. The Bertz CT molecular complexity index is 333. The van der Waals surface area contributed by atoms with Crippen molar-refractivity contribution in [1.29, 1.82) is 0 Å². The standard InChI is InChI=1S/C16H24O2/c1-13-8-10-15(11-9-13)16(17)18-12-14-6-4-2-3-5-7-14/h4,6-7,13,15H,2-3,5,8-12H2,1H3. The van der Waals surface area contributed by atoms with Gasteiger partial charge in [0.05, 0.1) is 5.92 Å². The number of carbonyl (C=O) groups excluding carboxylic acids is 1. The minimum Gasteiger partial charge on any atom is -0.461 e. The molecule has 0 atom stereocenters. The molecule has 2 rings (SSSR count). The summed E-state index contributed by atoms with van der Waals surface area (Å²) in [7, 11) is 0. The van der Waals surface area contributed by atoms with Crippen LogP contribution in [0, 0.1) is 11.8 Å². The van der Waals surface area contributed by atoms with Gasteiger partial charge in [-0.2, -0.15) is 0 Å². The zero-order chi connectivity index (χ0) is 12.8. The van der Waals surface area contributed by atoms with Gasteiger partial charge in [0.2, 0.25) is 0 Å². The molecule has 2 aliphatic carbocycles. The van der Waals surface area contributed by atoms with Crippen molar-refractivity contribution in [2.45, 2.75) is 51.9 Å². The Morgan fingerprint density at radius 2 is 2.06 bits per heavy atom. The summed E-state index contributed by atoms with van der Waals surface area (Å²) in [5.41, 5.74) is 1.16. The Morgan fingerprint density at radius 1 is 1.28 bits per heavy atom. The molecule has 0 N–H and O–H groups in total. The van der Waals surface area contributed by atoms with Crippen molar-refractivity contribution in [3.63, 3.8) is 0 Å². The molecular formula is C16H24O2. The average molecular weight is 248 g/mol. The predicted molar refractivity (Wildman–Crippen MR) is 73.2 cm³/mol. The third-order valence-electron chi connectivity index (χ3n) is 4.04. The largest absolute Gasteiger partial charge is 0.461 e. The molecule has 2 nitrogen and oxygen atoms in total. The number of esters is 1. The lowest BCUT2D eigenvalue weighted by atomic mass is 9.83. The Labute approximate surface area is 110 Å². The van der Waals surface area contributed by atoms with E-state index >= 15 is 0 Å². The molecule has 0 bridgehead atoms. The summed E-state index contributed by atoms with van der Waals surface area (Å²) in [6.45, 7) is 2.73. The van der Waals surface area contributed by atoms with Crippen LogP contribution >= 0.6 is 0 Å². The second kappa shape index (κ2) is 6.77. The Morgan fingerprint density at radius 3 is 2.83 bits per heavy atom. The number of ether oxygens (including phenoxy) is 1. The smallest absolute Gasteiger partial charge is 0.309 e. The van der Waals surface area contributed by atoms with Crippen molar-refractivity contribution in [2.75, 3.05) is 6.61 Å². The minimum atomic E-state index is 0.0143. The van der Waals surface area contributed by atoms with Crippen LogP contribution in [0.25, 0.3) is 0 Å². The molecule has 0 aromatic heterocycles. The quantitative estimate of drug-likeness (QED) is 0.705. The van der Waals surface area contributed by atoms with Gasteiger partial charge in [-0.3, -0.25) is 4.79 Å². The first-order valence-corrected chi connectivity index (χ1v) is 7.28. The van der Waals surface area contributed by atoms with Crippen LogP contribution < -0.4 is 0 Å². The first-order chi connectivity index (χ1) is 8.75. The molecule has 0 amide bonds. The van der Waals surface area contributed by atoms with Gasteiger partial charge in [0.15, 0.2) is 0 Å². The lowest BCUT2D eigenvalue weighted by Gasteiger charge is -2.24. The Kier molecular flexibility index (Phi) is 5.03. The molecule has 2 heteroatoms. The van der Waals surface area contributed by atoms with E-state index in [1.54, 1.807) is 0 Å². The van der Waals surface area contributed by atoms with Gasteiger partial charge >= 0.3 is 5.97 Å². The van der Waals surface area contributed by atoms with E-state index in [2.05, 4.69) is 25.2 Å². The minimum absolute atomic E-state index is 0.0143. The monoisotopic (exact) mass is 248 g/mol. The fourth-order valence-electron chi connectivity index (χ4n) is 2.70. The van der Waals surface area contributed by atoms with Gasteiger partial charge in [-0.1, -0.05) is 25.2 Å². The van der Waals surface area contributed by atoms with Crippen molar-refractivity contribution >= 4 is 5.97 Å². The average Bonchev–Trinajstić information content (AvgIpc) is 2.65. The number of hydrogen-bond acceptors (Lipinski definition) is 2. The van der Waals surface area contributed by atoms with E-state index in [4.69, 9.17) is 4.74 Å². The summed E-state index contributed by atoms with van der Waals surface area (Å²) in [5.74, 6) is 0.943. The fourth-order valence-corrected chi connectivity index (χ4v) is 2.70. The van der Waals surface area contributed by atoms with Gasteiger partial charge in [0.1, 0.15) is 6.61 Å². The molecule has 1 saturated carbocycles. The third kappa shape index (κ3) is 4.01. The molecule has 1 fully saturated rings. The van der Waals surface area contributed by atoms with Crippen molar-refractivity contribution in [1.82, 2.24) is 0 Å². The van der Waals surface area contributed by atoms with E-state index in [0.717, 1.165) is 37.2 Å². The number of allylic oxidation sites excluding steroid dienone is 2. The van der Waals surface area contributed by atoms with E-state index in [-0.39, 0.29) is 11.9 Å². The highest BCUT2D eigenvalue weighted by atomic mass is 16.5. The lowest BCUT2D eigenvalue weighted by molar-refractivity contribution is -0.148. The highest BCUT2D eigenvalue weighted by molar-refractivity contribution is 5.72. The Hall–Kier alpha value is -1.05. The van der Waals surface area contributed by atoms with E-state index in [0.29, 0.717) is 6.61 Å². The van der Waals surface area contributed by atoms with E-state index in [1.807, 2.05) is 0 Å². The van der Waals surface area contributed by atoms with Crippen LogP contribution in [-0.2, 0) is 9.53 Å². The third-order valence-corrected chi connectivity index (χ3v) is 4.04. The maximum Gasteiger partial charge on any atom is 0.309 e. The van der Waals surface area contributed by atoms with Crippen LogP contribution in [0.2, 0.25) is 0 Å². The maximum absolute atomic E-state index is 12.0. The highest BCUT2D eigenvalue weighted by Crippen LogP contribution is 2.29. The van der Waals surface area contributed by atoms with Crippen LogP contribution in [0.15, 0.2) is 23.8 Å². The highest BCUT2D eigenvalue weighted by Gasteiger charge is 2.25. The van der Waals surface area contributed by atoms with Gasteiger partial charge < -0.3 is 4.74 Å². The van der Waals surface area contributed by atoms with E-state index < -0.39 is 0 Å². The normalized spacial score (nSPS) is 28.4. The van der Waals surface area contributed by atoms with Gasteiger partial charge in [-0.15, -0.1) is 0 Å². The summed E-state index contributed by atoms with van der Waals surface area (Å²) in [5, 5.41) is 0. The van der Waals surface area contributed by atoms with Gasteiger partial charge in [0.25, 0.3) is 0 Å². The maximum atomic E-state index is 12.0. The molecule has 0 spiro atoms. The van der Waals surface area contributed by atoms with Crippen LogP contribution in [0.5, 0.6) is 0 Å². The van der Waals surface area contributed by atoms with Crippen molar-refractivity contribution in [3.05, 3.63) is 23.8 Å². The fraction of sp³-hybridized carbons (Fsp3) is 0.688. The van der Waals surface area contributed by atoms with Gasteiger partial charge in [-0.25, -0.2) is 0 Å². The molecule has 0 saturated heterocycles. The molecular weight excluding hydrogens is 224 g/mol. The molecule has 100 valence electrons. The molecule has 0 radical (unpaired) electrons. The molecule has 0 heterocycles. The molecule has 0 aromatic carbocycles. The van der Waals surface area contributed by atoms with Crippen molar-refractivity contribution in [3.8, 4) is 0 Å². The molecule has 18 heavy (non-hydrogen) atoms. The SMILES string of the molecule is CC1CCC(C(=O)OCC2=CCCCC=C2)CC1. The number of rotatable bonds is 3. The topological polar surface area (TPSA) is 26.3 Å². The molecule has 0 aliphatic heterocycles. The van der Waals surface area contributed by atoms with Crippen molar-refractivity contribution < 1.29 is 9.53 Å². The summed E-state index contributed by atoms with van der Waals surface area (Å²) in [6, 6.07) is 0. The zero-order valence-corrected chi connectivity index (χ0v) is 11.4. The number of carbonyl (C=O) groups is 1. The van der Waals surface area contributed by atoms with Gasteiger partial charge in [0, 0.05) is 0 Å². The summed E-state index contributed by atoms with van der Waals surface area (Å²) in [4.78, 5) is 12.0. The lowest BCUT2D eigenvalue weighted by Crippen LogP contribution is -2.23. The van der Waals surface area contributed by atoms with Crippen molar-refractivity contribution in [2.24, 2.45) is 11.8 Å². The Balaban J connectivity index is 1.75. The van der Waals surface area contributed by atoms with Crippen LogP contribution in [0.1, 0.15) is 51.9 Å². The van der Waals surface area contributed by atoms with E-state index in [1.165, 1.54) is 19.3 Å². The first kappa shape index (κ1) is 13.4. The summed E-state index contributed by atoms with van der Waals surface area (Å²) < 4.78 is 5.45. The second-order valence-corrected chi connectivity index (χ2v) is 5.68. The van der Waals surface area contributed by atoms with E-state index in [9.17, 15) is 4.79 Å². The van der Waals surface area contributed by atoms with Crippen LogP contribution in [-0.4, -0.2) is 12.6 Å². The number of hydrogen-bond donors (Lipinski definition) is 0. The van der Waals surface area contributed by atoms with Gasteiger partial charge in [-0.05, 0) is 56.4 Å². The molecule has 0 unspecified atom stereocenters.